The highest BCUT2D eigenvalue weighted by molar-refractivity contribution is 7.21. The van der Waals surface area contributed by atoms with Crippen LogP contribution in [0.1, 0.15) is 49.4 Å². The Kier molecular flexibility index (Phi) is 4.57. The van der Waals surface area contributed by atoms with Gasteiger partial charge in [0.2, 0.25) is 12.4 Å². The minimum Gasteiger partial charge on any atom is -0.368 e. The molecule has 2 saturated carbocycles. The molecule has 3 N–H and O–H groups in total. The lowest BCUT2D eigenvalue weighted by Crippen LogP contribution is -2.19. The standard InChI is InChI=1S/C20H22F2N6S/c1-9-14(19-27-16-13(29-19)6-7-24-15(16)10-2-3-10)18(28-20(23)25-9)26-12-5-4-11(8-12)17(21)22/h6-7,10-12,17H,2-5,8H2,1H3,(H3,23,25,26,28). The fourth-order valence-electron chi connectivity index (χ4n) is 4.16. The van der Waals surface area contributed by atoms with Gasteiger partial charge in [0.25, 0.3) is 0 Å². The van der Waals surface area contributed by atoms with E-state index in [1.54, 1.807) is 11.3 Å². The Morgan fingerprint density at radius 1 is 1.17 bits per heavy atom. The van der Waals surface area contributed by atoms with Crippen LogP contribution in [0.3, 0.4) is 0 Å². The first-order valence-corrected chi connectivity index (χ1v) is 10.8. The number of hydrogen-bond donors (Lipinski definition) is 2. The van der Waals surface area contributed by atoms with Crippen molar-refractivity contribution in [1.29, 1.82) is 0 Å². The van der Waals surface area contributed by atoms with Crippen molar-refractivity contribution in [3.63, 3.8) is 0 Å². The molecule has 2 fully saturated rings. The Bertz CT molecular complexity index is 1060. The predicted octanol–water partition coefficient (Wildman–Crippen LogP) is 4.76. The van der Waals surface area contributed by atoms with E-state index < -0.39 is 12.3 Å². The molecule has 2 unspecified atom stereocenters. The van der Waals surface area contributed by atoms with Gasteiger partial charge in [-0.25, -0.2) is 18.7 Å². The van der Waals surface area contributed by atoms with Crippen molar-refractivity contribution in [1.82, 2.24) is 19.9 Å². The number of pyridine rings is 1. The van der Waals surface area contributed by atoms with Crippen LogP contribution in [-0.4, -0.2) is 32.4 Å². The summed E-state index contributed by atoms with van der Waals surface area (Å²) in [6.07, 6.45) is 3.50. The van der Waals surface area contributed by atoms with Gasteiger partial charge in [-0.3, -0.25) is 4.98 Å². The van der Waals surface area contributed by atoms with Gasteiger partial charge < -0.3 is 11.1 Å². The number of nitrogen functional groups attached to an aromatic ring is 1. The number of fused-ring (bicyclic) bond motifs is 1. The first-order chi connectivity index (χ1) is 14.0. The third-order valence-corrected chi connectivity index (χ3v) is 6.83. The zero-order chi connectivity index (χ0) is 20.1. The summed E-state index contributed by atoms with van der Waals surface area (Å²) >= 11 is 1.58. The second-order valence-electron chi connectivity index (χ2n) is 7.98. The molecule has 2 aliphatic carbocycles. The van der Waals surface area contributed by atoms with Crippen LogP contribution in [0.2, 0.25) is 0 Å². The Morgan fingerprint density at radius 2 is 2.00 bits per heavy atom. The first-order valence-electron chi connectivity index (χ1n) is 9.94. The van der Waals surface area contributed by atoms with Crippen molar-refractivity contribution in [2.75, 3.05) is 11.1 Å². The molecular weight excluding hydrogens is 394 g/mol. The van der Waals surface area contributed by atoms with Crippen molar-refractivity contribution >= 4 is 33.3 Å². The Morgan fingerprint density at radius 3 is 2.72 bits per heavy atom. The summed E-state index contributed by atoms with van der Waals surface area (Å²) in [6, 6.07) is 1.92. The first kappa shape index (κ1) is 18.6. The van der Waals surface area contributed by atoms with Crippen LogP contribution >= 0.6 is 11.3 Å². The maximum atomic E-state index is 13.1. The largest absolute Gasteiger partial charge is 0.368 e. The summed E-state index contributed by atoms with van der Waals surface area (Å²) in [6.45, 7) is 1.88. The molecule has 152 valence electrons. The van der Waals surface area contributed by atoms with Gasteiger partial charge in [-0.05, 0) is 45.1 Å². The number of thiazole rings is 1. The molecule has 6 nitrogen and oxygen atoms in total. The molecule has 3 aromatic rings. The number of halogens is 2. The zero-order valence-electron chi connectivity index (χ0n) is 16.0. The fraction of sp³-hybridized carbons (Fsp3) is 0.500. The molecule has 29 heavy (non-hydrogen) atoms. The quantitative estimate of drug-likeness (QED) is 0.623. The van der Waals surface area contributed by atoms with Crippen LogP contribution in [-0.2, 0) is 0 Å². The van der Waals surface area contributed by atoms with Gasteiger partial charge >= 0.3 is 0 Å². The van der Waals surface area contributed by atoms with E-state index in [4.69, 9.17) is 10.7 Å². The lowest BCUT2D eigenvalue weighted by Gasteiger charge is -2.17. The van der Waals surface area contributed by atoms with E-state index in [0.29, 0.717) is 31.0 Å². The number of aromatic nitrogens is 4. The van der Waals surface area contributed by atoms with Crippen LogP contribution in [0.5, 0.6) is 0 Å². The third-order valence-electron chi connectivity index (χ3n) is 5.79. The number of nitrogens with one attached hydrogen (secondary N) is 1. The van der Waals surface area contributed by atoms with Gasteiger partial charge in [-0.2, -0.15) is 4.98 Å². The summed E-state index contributed by atoms with van der Waals surface area (Å²) in [5, 5.41) is 4.16. The molecule has 0 aliphatic heterocycles. The Labute approximate surface area is 171 Å². The second-order valence-corrected chi connectivity index (χ2v) is 9.01. The topological polar surface area (TPSA) is 89.6 Å². The van der Waals surface area contributed by atoms with E-state index in [1.165, 1.54) is 0 Å². The van der Waals surface area contributed by atoms with Gasteiger partial charge in [0, 0.05) is 24.1 Å². The highest BCUT2D eigenvalue weighted by Gasteiger charge is 2.32. The van der Waals surface area contributed by atoms with Crippen LogP contribution in [0.15, 0.2) is 12.3 Å². The van der Waals surface area contributed by atoms with Crippen molar-refractivity contribution < 1.29 is 8.78 Å². The monoisotopic (exact) mass is 416 g/mol. The highest BCUT2D eigenvalue weighted by Crippen LogP contribution is 2.44. The fourth-order valence-corrected chi connectivity index (χ4v) is 5.23. The average molecular weight is 417 g/mol. The van der Waals surface area contributed by atoms with Crippen molar-refractivity contribution in [3.8, 4) is 10.6 Å². The average Bonchev–Trinajstić information content (AvgIpc) is 3.24. The molecule has 9 heteroatoms. The summed E-state index contributed by atoms with van der Waals surface area (Å²) < 4.78 is 27.2. The Balaban J connectivity index is 1.53. The highest BCUT2D eigenvalue weighted by atomic mass is 32.1. The van der Waals surface area contributed by atoms with Crippen LogP contribution in [0.4, 0.5) is 20.5 Å². The molecule has 0 spiro atoms. The number of aryl methyl sites for hydroxylation is 1. The summed E-state index contributed by atoms with van der Waals surface area (Å²) in [7, 11) is 0. The minimum absolute atomic E-state index is 0.0560. The number of nitrogens with two attached hydrogens (primary N) is 1. The molecule has 2 aliphatic rings. The molecule has 0 bridgehead atoms. The van der Waals surface area contributed by atoms with Gasteiger partial charge in [0.1, 0.15) is 16.3 Å². The Hall–Kier alpha value is -2.42. The lowest BCUT2D eigenvalue weighted by molar-refractivity contribution is 0.0803. The smallest absolute Gasteiger partial charge is 0.241 e. The summed E-state index contributed by atoms with van der Waals surface area (Å²) in [4.78, 5) is 18.2. The molecule has 3 aromatic heterocycles. The normalized spacial score (nSPS) is 21.9. The summed E-state index contributed by atoms with van der Waals surface area (Å²) in [5.41, 5.74) is 9.41. The lowest BCUT2D eigenvalue weighted by atomic mass is 10.1. The summed E-state index contributed by atoms with van der Waals surface area (Å²) in [5.74, 6) is 0.680. The van der Waals surface area contributed by atoms with E-state index in [0.717, 1.165) is 45.0 Å². The maximum Gasteiger partial charge on any atom is 0.241 e. The zero-order valence-corrected chi connectivity index (χ0v) is 16.8. The van der Waals surface area contributed by atoms with E-state index >= 15 is 0 Å². The van der Waals surface area contributed by atoms with Gasteiger partial charge in [-0.15, -0.1) is 11.3 Å². The molecule has 0 aromatic carbocycles. The molecule has 2 atom stereocenters. The number of hydrogen-bond acceptors (Lipinski definition) is 7. The van der Waals surface area contributed by atoms with Crippen molar-refractivity contribution in [2.45, 2.75) is 57.4 Å². The molecule has 5 rings (SSSR count). The van der Waals surface area contributed by atoms with E-state index in [2.05, 4.69) is 20.3 Å². The maximum absolute atomic E-state index is 13.1. The van der Waals surface area contributed by atoms with Crippen LogP contribution in [0.25, 0.3) is 20.8 Å². The number of rotatable bonds is 5. The molecule has 3 heterocycles. The SMILES string of the molecule is Cc1nc(N)nc(NC2CCC(C(F)F)C2)c1-c1nc2c(C3CC3)nccc2s1. The molecular formula is C20H22F2N6S. The van der Waals surface area contributed by atoms with E-state index in [-0.39, 0.29) is 12.0 Å². The van der Waals surface area contributed by atoms with Crippen molar-refractivity contribution in [3.05, 3.63) is 23.7 Å². The minimum atomic E-state index is -2.28. The molecule has 0 radical (unpaired) electrons. The number of nitrogens with zero attached hydrogens (tertiary/aromatic N) is 4. The van der Waals surface area contributed by atoms with Crippen molar-refractivity contribution in [2.24, 2.45) is 5.92 Å². The number of anilines is 2. The van der Waals surface area contributed by atoms with Crippen LogP contribution < -0.4 is 11.1 Å². The van der Waals surface area contributed by atoms with Gasteiger partial charge in [0.05, 0.1) is 21.7 Å². The number of alkyl halides is 2. The second kappa shape index (κ2) is 7.12. The molecule has 0 amide bonds. The van der Waals surface area contributed by atoms with Gasteiger partial charge in [-0.1, -0.05) is 0 Å². The van der Waals surface area contributed by atoms with Crippen LogP contribution in [0, 0.1) is 12.8 Å². The molecule has 0 saturated heterocycles. The third kappa shape index (κ3) is 3.52. The van der Waals surface area contributed by atoms with Gasteiger partial charge in [0.15, 0.2) is 0 Å². The van der Waals surface area contributed by atoms with E-state index in [1.807, 2.05) is 19.2 Å². The predicted molar refractivity (Wildman–Crippen MR) is 110 cm³/mol. The van der Waals surface area contributed by atoms with E-state index in [9.17, 15) is 8.78 Å².